The van der Waals surface area contributed by atoms with E-state index in [9.17, 15) is 4.79 Å². The SMILES string of the molecule is O=C(NCCCCO)C1CCCN1c1ncccn1. The van der Waals surface area contributed by atoms with Crippen molar-refractivity contribution in [3.8, 4) is 0 Å². The van der Waals surface area contributed by atoms with Crippen molar-refractivity contribution < 1.29 is 9.90 Å². The molecule has 1 unspecified atom stereocenters. The minimum absolute atomic E-state index is 0.0305. The van der Waals surface area contributed by atoms with E-state index in [4.69, 9.17) is 5.11 Å². The van der Waals surface area contributed by atoms with Crippen LogP contribution in [0.4, 0.5) is 5.95 Å². The molecule has 1 atom stereocenters. The molecule has 6 heteroatoms. The molecule has 1 aromatic heterocycles. The van der Waals surface area contributed by atoms with Gasteiger partial charge in [0.25, 0.3) is 0 Å². The van der Waals surface area contributed by atoms with Gasteiger partial charge in [-0.2, -0.15) is 0 Å². The predicted molar refractivity (Wildman–Crippen MR) is 71.7 cm³/mol. The third-order valence-electron chi connectivity index (χ3n) is 3.25. The summed E-state index contributed by atoms with van der Waals surface area (Å²) in [5.41, 5.74) is 0. The Kier molecular flexibility index (Phi) is 5.09. The lowest BCUT2D eigenvalue weighted by molar-refractivity contribution is -0.122. The summed E-state index contributed by atoms with van der Waals surface area (Å²) >= 11 is 0. The highest BCUT2D eigenvalue weighted by Gasteiger charge is 2.31. The van der Waals surface area contributed by atoms with Crippen molar-refractivity contribution >= 4 is 11.9 Å². The fourth-order valence-corrected chi connectivity index (χ4v) is 2.28. The topological polar surface area (TPSA) is 78.4 Å². The van der Waals surface area contributed by atoms with Gasteiger partial charge in [-0.3, -0.25) is 4.79 Å². The van der Waals surface area contributed by atoms with Crippen molar-refractivity contribution in [2.45, 2.75) is 31.7 Å². The van der Waals surface area contributed by atoms with Crippen LogP contribution in [0.5, 0.6) is 0 Å². The Hall–Kier alpha value is -1.69. The zero-order chi connectivity index (χ0) is 13.5. The molecule has 1 aliphatic rings. The number of carbonyl (C=O) groups is 1. The Morgan fingerprint density at radius 2 is 2.21 bits per heavy atom. The number of aliphatic hydroxyl groups excluding tert-OH is 1. The van der Waals surface area contributed by atoms with E-state index in [-0.39, 0.29) is 18.6 Å². The first-order valence-corrected chi connectivity index (χ1v) is 6.75. The molecule has 2 rings (SSSR count). The Balaban J connectivity index is 1.90. The molecule has 1 fully saturated rings. The number of nitrogens with one attached hydrogen (secondary N) is 1. The molecule has 1 aliphatic heterocycles. The summed E-state index contributed by atoms with van der Waals surface area (Å²) < 4.78 is 0. The van der Waals surface area contributed by atoms with Crippen LogP contribution in [0.1, 0.15) is 25.7 Å². The minimum Gasteiger partial charge on any atom is -0.396 e. The first kappa shape index (κ1) is 13.7. The standard InChI is InChI=1S/C13H20N4O2/c18-10-2-1-6-14-12(19)11-5-3-9-17(11)13-15-7-4-8-16-13/h4,7-8,11,18H,1-3,5-6,9-10H2,(H,14,19). The number of rotatable bonds is 6. The Morgan fingerprint density at radius 3 is 2.95 bits per heavy atom. The smallest absolute Gasteiger partial charge is 0.242 e. The lowest BCUT2D eigenvalue weighted by Gasteiger charge is -2.23. The minimum atomic E-state index is -0.170. The number of amides is 1. The van der Waals surface area contributed by atoms with Gasteiger partial charge in [0.2, 0.25) is 11.9 Å². The molecule has 2 N–H and O–H groups in total. The summed E-state index contributed by atoms with van der Waals surface area (Å²) in [5, 5.41) is 11.6. The number of hydrogen-bond acceptors (Lipinski definition) is 5. The lowest BCUT2D eigenvalue weighted by Crippen LogP contribution is -2.44. The molecule has 0 spiro atoms. The number of nitrogens with zero attached hydrogens (tertiary/aromatic N) is 3. The van der Waals surface area contributed by atoms with E-state index in [0.29, 0.717) is 12.5 Å². The van der Waals surface area contributed by atoms with Crippen LogP contribution in [0, 0.1) is 0 Å². The van der Waals surface area contributed by atoms with Gasteiger partial charge in [-0.15, -0.1) is 0 Å². The normalized spacial score (nSPS) is 18.6. The van der Waals surface area contributed by atoms with Gasteiger partial charge in [0.1, 0.15) is 6.04 Å². The predicted octanol–water partition coefficient (Wildman–Crippen LogP) is 0.334. The van der Waals surface area contributed by atoms with Crippen LogP contribution >= 0.6 is 0 Å². The van der Waals surface area contributed by atoms with Crippen molar-refractivity contribution in [2.24, 2.45) is 0 Å². The molecule has 104 valence electrons. The van der Waals surface area contributed by atoms with E-state index in [2.05, 4.69) is 15.3 Å². The third-order valence-corrected chi connectivity index (χ3v) is 3.25. The largest absolute Gasteiger partial charge is 0.396 e. The van der Waals surface area contributed by atoms with Gasteiger partial charge in [0.15, 0.2) is 0 Å². The Bertz CT molecular complexity index is 399. The average Bonchev–Trinajstić information content (AvgIpc) is 2.94. The molecule has 0 radical (unpaired) electrons. The van der Waals surface area contributed by atoms with Gasteiger partial charge in [0, 0.05) is 32.1 Å². The molecule has 2 heterocycles. The summed E-state index contributed by atoms with van der Waals surface area (Å²) in [6.07, 6.45) is 6.72. The molecular weight excluding hydrogens is 244 g/mol. The molecule has 0 aromatic carbocycles. The molecule has 19 heavy (non-hydrogen) atoms. The highest BCUT2D eigenvalue weighted by Crippen LogP contribution is 2.21. The zero-order valence-corrected chi connectivity index (χ0v) is 11.0. The van der Waals surface area contributed by atoms with Crippen molar-refractivity contribution in [3.63, 3.8) is 0 Å². The average molecular weight is 264 g/mol. The van der Waals surface area contributed by atoms with Gasteiger partial charge in [-0.1, -0.05) is 0 Å². The van der Waals surface area contributed by atoms with Gasteiger partial charge in [0.05, 0.1) is 0 Å². The second-order valence-corrected chi connectivity index (χ2v) is 4.62. The summed E-state index contributed by atoms with van der Waals surface area (Å²) in [5.74, 6) is 0.651. The molecule has 0 saturated carbocycles. The molecule has 1 amide bonds. The number of hydrogen-bond donors (Lipinski definition) is 2. The highest BCUT2D eigenvalue weighted by molar-refractivity contribution is 5.85. The second-order valence-electron chi connectivity index (χ2n) is 4.62. The first-order chi connectivity index (χ1) is 9.33. The maximum atomic E-state index is 12.1. The highest BCUT2D eigenvalue weighted by atomic mass is 16.3. The van der Waals surface area contributed by atoms with E-state index in [1.54, 1.807) is 18.5 Å². The number of anilines is 1. The van der Waals surface area contributed by atoms with Gasteiger partial charge >= 0.3 is 0 Å². The van der Waals surface area contributed by atoms with Crippen molar-refractivity contribution in [1.29, 1.82) is 0 Å². The van der Waals surface area contributed by atoms with Crippen LogP contribution in [0.15, 0.2) is 18.5 Å². The fourth-order valence-electron chi connectivity index (χ4n) is 2.28. The monoisotopic (exact) mass is 264 g/mol. The molecule has 0 bridgehead atoms. The summed E-state index contributed by atoms with van der Waals surface area (Å²) in [7, 11) is 0. The third kappa shape index (κ3) is 3.64. The van der Waals surface area contributed by atoms with Gasteiger partial charge < -0.3 is 15.3 Å². The number of carbonyl (C=O) groups excluding carboxylic acids is 1. The van der Waals surface area contributed by atoms with Crippen LogP contribution in [0.25, 0.3) is 0 Å². The van der Waals surface area contributed by atoms with Gasteiger partial charge in [-0.25, -0.2) is 9.97 Å². The second kappa shape index (κ2) is 7.04. The fraction of sp³-hybridized carbons (Fsp3) is 0.615. The first-order valence-electron chi connectivity index (χ1n) is 6.75. The van der Waals surface area contributed by atoms with E-state index in [1.165, 1.54) is 0 Å². The Labute approximate surface area is 112 Å². The Morgan fingerprint density at radius 1 is 1.42 bits per heavy atom. The van der Waals surface area contributed by atoms with Crippen LogP contribution < -0.4 is 10.2 Å². The van der Waals surface area contributed by atoms with Crippen LogP contribution in [-0.2, 0) is 4.79 Å². The van der Waals surface area contributed by atoms with Crippen molar-refractivity contribution in [1.82, 2.24) is 15.3 Å². The number of unbranched alkanes of at least 4 members (excludes halogenated alkanes) is 1. The summed E-state index contributed by atoms with van der Waals surface area (Å²) in [6.45, 7) is 1.60. The van der Waals surface area contributed by atoms with Crippen LogP contribution in [0.3, 0.4) is 0 Å². The number of aliphatic hydroxyl groups is 1. The van der Waals surface area contributed by atoms with E-state index in [1.807, 2.05) is 4.90 Å². The maximum absolute atomic E-state index is 12.1. The quantitative estimate of drug-likeness (QED) is 0.724. The van der Waals surface area contributed by atoms with Crippen molar-refractivity contribution in [2.75, 3.05) is 24.6 Å². The van der Waals surface area contributed by atoms with Crippen LogP contribution in [-0.4, -0.2) is 46.7 Å². The van der Waals surface area contributed by atoms with Crippen LogP contribution in [0.2, 0.25) is 0 Å². The molecule has 1 saturated heterocycles. The number of aromatic nitrogens is 2. The molecular formula is C13H20N4O2. The summed E-state index contributed by atoms with van der Waals surface area (Å²) in [6, 6.07) is 1.60. The van der Waals surface area contributed by atoms with Gasteiger partial charge in [-0.05, 0) is 31.7 Å². The van der Waals surface area contributed by atoms with E-state index in [0.717, 1.165) is 32.2 Å². The van der Waals surface area contributed by atoms with E-state index >= 15 is 0 Å². The summed E-state index contributed by atoms with van der Waals surface area (Å²) in [4.78, 5) is 22.5. The van der Waals surface area contributed by atoms with Crippen molar-refractivity contribution in [3.05, 3.63) is 18.5 Å². The lowest BCUT2D eigenvalue weighted by atomic mass is 10.2. The maximum Gasteiger partial charge on any atom is 0.242 e. The molecule has 0 aliphatic carbocycles. The molecule has 6 nitrogen and oxygen atoms in total. The zero-order valence-electron chi connectivity index (χ0n) is 11.0. The molecule has 1 aromatic rings. The van der Waals surface area contributed by atoms with E-state index < -0.39 is 0 Å².